The van der Waals surface area contributed by atoms with E-state index in [-0.39, 0.29) is 12.0 Å². The van der Waals surface area contributed by atoms with Gasteiger partial charge in [-0.3, -0.25) is 4.79 Å². The Morgan fingerprint density at radius 1 is 1.17 bits per heavy atom. The lowest BCUT2D eigenvalue weighted by Gasteiger charge is -2.33. The monoisotopic (exact) mass is 364 g/mol. The van der Waals surface area contributed by atoms with Crippen LogP contribution in [0.15, 0.2) is 42.5 Å². The van der Waals surface area contributed by atoms with Gasteiger partial charge in [0, 0.05) is 18.7 Å². The number of benzene rings is 2. The lowest BCUT2D eigenvalue weighted by molar-refractivity contribution is -0.0228. The molecule has 0 aromatic heterocycles. The van der Waals surface area contributed by atoms with Crippen molar-refractivity contribution in [1.82, 2.24) is 4.90 Å². The highest BCUT2D eigenvalue weighted by molar-refractivity contribution is 6.42. The van der Waals surface area contributed by atoms with E-state index in [1.54, 1.807) is 17.0 Å². The molecule has 126 valence electrons. The summed E-state index contributed by atoms with van der Waals surface area (Å²) in [4.78, 5) is 14.5. The second kappa shape index (κ2) is 7.53. The van der Waals surface area contributed by atoms with Gasteiger partial charge in [-0.1, -0.05) is 41.4 Å². The minimum atomic E-state index is -0.208. The quantitative estimate of drug-likeness (QED) is 0.903. The molecule has 0 aliphatic carbocycles. The molecule has 0 radical (unpaired) electrons. The number of rotatable bonds is 3. The topological polar surface area (TPSA) is 55.6 Å². The number of morpholine rings is 1. The van der Waals surface area contributed by atoms with E-state index in [1.165, 1.54) is 0 Å². The van der Waals surface area contributed by atoms with Crippen LogP contribution in [0.25, 0.3) is 0 Å². The third-order valence-corrected chi connectivity index (χ3v) is 4.84. The first kappa shape index (κ1) is 17.2. The molecule has 1 saturated heterocycles. The lowest BCUT2D eigenvalue weighted by atomic mass is 10.1. The lowest BCUT2D eigenvalue weighted by Crippen LogP contribution is -2.42. The van der Waals surface area contributed by atoms with Gasteiger partial charge < -0.3 is 15.4 Å². The number of nitrogens with two attached hydrogens (primary N) is 1. The fraction of sp³-hybridized carbons (Fsp3) is 0.278. The highest BCUT2D eigenvalue weighted by atomic mass is 35.5. The predicted molar refractivity (Wildman–Crippen MR) is 95.4 cm³/mol. The molecule has 2 aromatic rings. The minimum absolute atomic E-state index is 0.00747. The highest BCUT2D eigenvalue weighted by Crippen LogP contribution is 2.29. The number of carbonyl (C=O) groups excluding carboxylic acids is 1. The van der Waals surface area contributed by atoms with E-state index in [4.69, 9.17) is 33.7 Å². The Balaban J connectivity index is 1.74. The van der Waals surface area contributed by atoms with Crippen molar-refractivity contribution in [2.24, 2.45) is 5.73 Å². The first-order valence-corrected chi connectivity index (χ1v) is 8.49. The number of halogens is 2. The second-order valence-electron chi connectivity index (χ2n) is 5.69. The molecule has 3 rings (SSSR count). The molecule has 4 nitrogen and oxygen atoms in total. The molecule has 24 heavy (non-hydrogen) atoms. The average molecular weight is 365 g/mol. The Labute approximate surface area is 151 Å². The Morgan fingerprint density at radius 2 is 1.92 bits per heavy atom. The molecule has 0 saturated carbocycles. The summed E-state index contributed by atoms with van der Waals surface area (Å²) in [6.45, 7) is 1.99. The molecule has 0 spiro atoms. The molecule has 6 heteroatoms. The van der Waals surface area contributed by atoms with Crippen molar-refractivity contribution in [3.05, 3.63) is 69.2 Å². The van der Waals surface area contributed by atoms with Gasteiger partial charge in [0.05, 0.1) is 23.2 Å². The average Bonchev–Trinajstić information content (AvgIpc) is 2.63. The van der Waals surface area contributed by atoms with Crippen LogP contribution in [0.5, 0.6) is 0 Å². The molecule has 1 atom stereocenters. The smallest absolute Gasteiger partial charge is 0.254 e. The molecule has 0 bridgehead atoms. The number of carbonyl (C=O) groups is 1. The van der Waals surface area contributed by atoms with Crippen LogP contribution in [0.3, 0.4) is 0 Å². The largest absolute Gasteiger partial charge is 0.370 e. The maximum atomic E-state index is 12.7. The molecular formula is C18H18Cl2N2O2. The van der Waals surface area contributed by atoms with Gasteiger partial charge in [0.15, 0.2) is 0 Å². The predicted octanol–water partition coefficient (Wildman–Crippen LogP) is 3.67. The van der Waals surface area contributed by atoms with Crippen LogP contribution in [0, 0.1) is 0 Å². The van der Waals surface area contributed by atoms with Crippen LogP contribution < -0.4 is 5.73 Å². The third kappa shape index (κ3) is 3.73. The summed E-state index contributed by atoms with van der Waals surface area (Å²) in [6.07, 6.45) is -0.208. The molecule has 1 heterocycles. The van der Waals surface area contributed by atoms with E-state index < -0.39 is 0 Å². The van der Waals surface area contributed by atoms with Gasteiger partial charge in [-0.15, -0.1) is 0 Å². The van der Waals surface area contributed by atoms with E-state index >= 15 is 0 Å². The van der Waals surface area contributed by atoms with E-state index in [2.05, 4.69) is 0 Å². The Kier molecular flexibility index (Phi) is 5.41. The summed E-state index contributed by atoms with van der Waals surface area (Å²) in [5, 5.41) is 0.989. The Morgan fingerprint density at radius 3 is 2.58 bits per heavy atom. The fourth-order valence-corrected chi connectivity index (χ4v) is 3.02. The highest BCUT2D eigenvalue weighted by Gasteiger charge is 2.26. The standard InChI is InChI=1S/C18H18Cl2N2O2/c19-15-6-5-14(9-16(15)20)17-11-22(7-8-24-17)18(23)13-3-1-12(10-21)2-4-13/h1-6,9,17H,7-8,10-11,21H2. The van der Waals surface area contributed by atoms with Gasteiger partial charge in [0.25, 0.3) is 5.91 Å². The maximum Gasteiger partial charge on any atom is 0.254 e. The van der Waals surface area contributed by atoms with Gasteiger partial charge >= 0.3 is 0 Å². The molecule has 2 N–H and O–H groups in total. The van der Waals surface area contributed by atoms with Crippen molar-refractivity contribution in [2.45, 2.75) is 12.6 Å². The number of ether oxygens (including phenoxy) is 1. The first-order valence-electron chi connectivity index (χ1n) is 7.73. The summed E-state index contributed by atoms with van der Waals surface area (Å²) in [7, 11) is 0. The van der Waals surface area contributed by atoms with Gasteiger partial charge in [0.1, 0.15) is 6.10 Å². The van der Waals surface area contributed by atoms with Crippen molar-refractivity contribution in [1.29, 1.82) is 0 Å². The van der Waals surface area contributed by atoms with Gasteiger partial charge in [-0.25, -0.2) is 0 Å². The molecule has 1 aliphatic rings. The number of hydrogen-bond donors (Lipinski definition) is 1. The normalized spacial score (nSPS) is 17.8. The Hall–Kier alpha value is -1.59. The minimum Gasteiger partial charge on any atom is -0.370 e. The zero-order valence-corrected chi connectivity index (χ0v) is 14.6. The van der Waals surface area contributed by atoms with E-state index in [0.29, 0.717) is 41.8 Å². The van der Waals surface area contributed by atoms with Crippen LogP contribution in [0.1, 0.15) is 27.6 Å². The molecule has 2 aromatic carbocycles. The molecule has 1 aliphatic heterocycles. The van der Waals surface area contributed by atoms with Crippen molar-refractivity contribution in [2.75, 3.05) is 19.7 Å². The Bertz CT molecular complexity index is 734. The van der Waals surface area contributed by atoms with Crippen molar-refractivity contribution in [3.8, 4) is 0 Å². The van der Waals surface area contributed by atoms with E-state index in [1.807, 2.05) is 30.3 Å². The molecule has 1 fully saturated rings. The second-order valence-corrected chi connectivity index (χ2v) is 6.50. The van der Waals surface area contributed by atoms with Crippen LogP contribution in [0.4, 0.5) is 0 Å². The molecule has 1 unspecified atom stereocenters. The maximum absolute atomic E-state index is 12.7. The van der Waals surface area contributed by atoms with Crippen molar-refractivity contribution >= 4 is 29.1 Å². The summed E-state index contributed by atoms with van der Waals surface area (Å²) < 4.78 is 5.80. The van der Waals surface area contributed by atoms with Crippen LogP contribution in [-0.4, -0.2) is 30.5 Å². The molecule has 1 amide bonds. The van der Waals surface area contributed by atoms with Crippen LogP contribution in [0.2, 0.25) is 10.0 Å². The van der Waals surface area contributed by atoms with E-state index in [0.717, 1.165) is 11.1 Å². The summed E-state index contributed by atoms with van der Waals surface area (Å²) in [5.41, 5.74) is 8.17. The van der Waals surface area contributed by atoms with Crippen molar-refractivity contribution < 1.29 is 9.53 Å². The van der Waals surface area contributed by atoms with Gasteiger partial charge in [-0.2, -0.15) is 0 Å². The number of amides is 1. The van der Waals surface area contributed by atoms with Gasteiger partial charge in [0.2, 0.25) is 0 Å². The third-order valence-electron chi connectivity index (χ3n) is 4.11. The summed E-state index contributed by atoms with van der Waals surface area (Å²) in [6, 6.07) is 12.8. The van der Waals surface area contributed by atoms with Gasteiger partial charge in [-0.05, 0) is 35.4 Å². The summed E-state index contributed by atoms with van der Waals surface area (Å²) >= 11 is 12.0. The molecular weight excluding hydrogens is 347 g/mol. The fourth-order valence-electron chi connectivity index (χ4n) is 2.71. The van der Waals surface area contributed by atoms with Crippen LogP contribution in [-0.2, 0) is 11.3 Å². The zero-order valence-electron chi connectivity index (χ0n) is 13.0. The van der Waals surface area contributed by atoms with E-state index in [9.17, 15) is 4.79 Å². The zero-order chi connectivity index (χ0) is 17.1. The van der Waals surface area contributed by atoms with Crippen LogP contribution >= 0.6 is 23.2 Å². The van der Waals surface area contributed by atoms with Crippen molar-refractivity contribution in [3.63, 3.8) is 0 Å². The number of nitrogens with zero attached hydrogens (tertiary/aromatic N) is 1. The summed E-state index contributed by atoms with van der Waals surface area (Å²) in [5.74, 6) is -0.00747. The number of hydrogen-bond acceptors (Lipinski definition) is 3. The SMILES string of the molecule is NCc1ccc(C(=O)N2CCOC(c3ccc(Cl)c(Cl)c3)C2)cc1. The first-order chi connectivity index (χ1) is 11.6.